The Kier molecular flexibility index (Phi) is 7.39. The molecule has 3 aromatic rings. The van der Waals surface area contributed by atoms with Crippen LogP contribution in [0, 0.1) is 13.8 Å². The maximum Gasteiger partial charge on any atom is 0.295 e. The van der Waals surface area contributed by atoms with E-state index in [1.807, 2.05) is 32.0 Å². The normalized spacial score (nSPS) is 16.8. The number of aromatic hydroxyl groups is 1. The first-order valence-corrected chi connectivity index (χ1v) is 12.1. The molecule has 7 nitrogen and oxygen atoms in total. The monoisotopic (exact) mass is 541 g/mol. The molecule has 0 saturated carbocycles. The third-order valence-electron chi connectivity index (χ3n) is 6.39. The van der Waals surface area contributed by atoms with Crippen molar-refractivity contribution in [3.8, 4) is 17.2 Å². The molecule has 3 aromatic carbocycles. The number of rotatable bonds is 6. The Labute approximate surface area is 224 Å². The van der Waals surface area contributed by atoms with Crippen LogP contribution in [-0.2, 0) is 16.1 Å². The maximum absolute atomic E-state index is 13.4. The minimum atomic E-state index is -0.954. The number of aliphatic hydroxyl groups excluding tert-OH is 1. The zero-order chi connectivity index (χ0) is 27.0. The Morgan fingerprint density at radius 2 is 1.62 bits per heavy atom. The minimum absolute atomic E-state index is 0.00449. The first-order valence-electron chi connectivity index (χ1n) is 11.3. The van der Waals surface area contributed by atoms with Crippen LogP contribution in [0.15, 0.2) is 54.1 Å². The average molecular weight is 542 g/mol. The zero-order valence-corrected chi connectivity index (χ0v) is 22.1. The highest BCUT2D eigenvalue weighted by Crippen LogP contribution is 2.47. The Morgan fingerprint density at radius 3 is 2.24 bits per heavy atom. The molecule has 4 rings (SSSR count). The van der Waals surface area contributed by atoms with E-state index in [1.165, 1.54) is 37.3 Å². The number of aliphatic hydroxyl groups is 1. The molecule has 1 heterocycles. The third-order valence-corrected chi connectivity index (χ3v) is 7.01. The van der Waals surface area contributed by atoms with E-state index in [-0.39, 0.29) is 45.0 Å². The average Bonchev–Trinajstić information content (AvgIpc) is 3.11. The van der Waals surface area contributed by atoms with E-state index in [0.717, 1.165) is 16.7 Å². The zero-order valence-electron chi connectivity index (χ0n) is 20.6. The van der Waals surface area contributed by atoms with Gasteiger partial charge in [-0.15, -0.1) is 0 Å². The van der Waals surface area contributed by atoms with Gasteiger partial charge in [-0.3, -0.25) is 9.59 Å². The van der Waals surface area contributed by atoms with Crippen molar-refractivity contribution >= 4 is 40.7 Å². The van der Waals surface area contributed by atoms with Crippen molar-refractivity contribution in [1.29, 1.82) is 0 Å². The van der Waals surface area contributed by atoms with Crippen molar-refractivity contribution in [1.82, 2.24) is 4.90 Å². The highest BCUT2D eigenvalue weighted by molar-refractivity contribution is 6.47. The number of hydrogen-bond acceptors (Lipinski definition) is 6. The van der Waals surface area contributed by atoms with E-state index >= 15 is 0 Å². The van der Waals surface area contributed by atoms with Crippen LogP contribution in [0.5, 0.6) is 17.2 Å². The maximum atomic E-state index is 13.4. The molecular formula is C28H25Cl2NO6. The number of methoxy groups -OCH3 is 2. The van der Waals surface area contributed by atoms with Crippen LogP contribution in [0.3, 0.4) is 0 Å². The van der Waals surface area contributed by atoms with Gasteiger partial charge in [-0.1, -0.05) is 59.1 Å². The number of hydrogen-bond donors (Lipinski definition) is 2. The number of aryl methyl sites for hydroxylation is 2. The number of benzene rings is 3. The number of ketones is 1. The van der Waals surface area contributed by atoms with Crippen LogP contribution in [0.4, 0.5) is 0 Å². The van der Waals surface area contributed by atoms with Gasteiger partial charge < -0.3 is 24.6 Å². The number of phenolic OH excluding ortho intramolecular Hbond substituents is 1. The van der Waals surface area contributed by atoms with Gasteiger partial charge in [0.15, 0.2) is 11.5 Å². The lowest BCUT2D eigenvalue weighted by Crippen LogP contribution is -2.29. The number of carbonyl (C=O) groups excluding carboxylic acids is 2. The number of nitrogens with zero attached hydrogens (tertiary/aromatic N) is 1. The molecule has 1 unspecified atom stereocenters. The van der Waals surface area contributed by atoms with E-state index < -0.39 is 23.5 Å². The van der Waals surface area contributed by atoms with E-state index in [4.69, 9.17) is 32.7 Å². The Bertz CT molecular complexity index is 1430. The number of Topliss-reactive ketones (excluding diaryl/α,β-unsaturated/α-hetero) is 1. The first kappa shape index (κ1) is 26.4. The fraction of sp³-hybridized carbons (Fsp3) is 0.214. The molecule has 0 spiro atoms. The highest BCUT2D eigenvalue weighted by atomic mass is 35.5. The van der Waals surface area contributed by atoms with Crippen molar-refractivity contribution in [3.05, 3.63) is 92.0 Å². The summed E-state index contributed by atoms with van der Waals surface area (Å²) in [6, 6.07) is 12.4. The summed E-state index contributed by atoms with van der Waals surface area (Å²) in [5.41, 5.74) is 3.22. The summed E-state index contributed by atoms with van der Waals surface area (Å²) in [4.78, 5) is 28.2. The molecule has 37 heavy (non-hydrogen) atoms. The Hall–Kier alpha value is -3.68. The van der Waals surface area contributed by atoms with Crippen molar-refractivity contribution in [3.63, 3.8) is 0 Å². The molecule has 192 valence electrons. The van der Waals surface area contributed by atoms with E-state index in [1.54, 1.807) is 12.1 Å². The van der Waals surface area contributed by atoms with Gasteiger partial charge in [0.25, 0.3) is 11.7 Å². The van der Waals surface area contributed by atoms with Crippen LogP contribution in [-0.4, -0.2) is 41.0 Å². The molecule has 0 bridgehead atoms. The lowest BCUT2D eigenvalue weighted by Gasteiger charge is -2.26. The van der Waals surface area contributed by atoms with Crippen LogP contribution in [0.25, 0.3) is 5.76 Å². The molecule has 9 heteroatoms. The summed E-state index contributed by atoms with van der Waals surface area (Å²) in [7, 11) is 2.73. The van der Waals surface area contributed by atoms with Gasteiger partial charge in [-0.2, -0.15) is 0 Å². The van der Waals surface area contributed by atoms with E-state index in [0.29, 0.717) is 5.56 Å². The highest BCUT2D eigenvalue weighted by Gasteiger charge is 2.46. The number of amides is 1. The second-order valence-corrected chi connectivity index (χ2v) is 9.52. The van der Waals surface area contributed by atoms with Crippen LogP contribution >= 0.6 is 23.2 Å². The number of ether oxygens (including phenoxy) is 2. The number of carbonyl (C=O) groups is 2. The molecule has 1 aliphatic rings. The number of likely N-dealkylation sites (tertiary alicyclic amines) is 1. The van der Waals surface area contributed by atoms with Gasteiger partial charge in [0.05, 0.1) is 36.4 Å². The smallest absolute Gasteiger partial charge is 0.295 e. The Balaban J connectivity index is 1.96. The summed E-state index contributed by atoms with van der Waals surface area (Å²) >= 11 is 12.7. The molecule has 0 radical (unpaired) electrons. The van der Waals surface area contributed by atoms with Crippen molar-refractivity contribution < 1.29 is 29.3 Å². The topological polar surface area (TPSA) is 96.3 Å². The predicted octanol–water partition coefficient (Wildman–Crippen LogP) is 5.95. The quantitative estimate of drug-likeness (QED) is 0.227. The SMILES string of the molecule is COc1c(Cl)cc(/C(O)=C2\C(=O)C(=O)N(Cc3cc(C)ccc3C)C2c2ccc(O)cc2)c(OC)c1Cl. The molecule has 1 atom stereocenters. The number of phenols is 1. The molecule has 0 aliphatic carbocycles. The minimum Gasteiger partial charge on any atom is -0.508 e. The van der Waals surface area contributed by atoms with Crippen LogP contribution in [0.2, 0.25) is 10.0 Å². The Morgan fingerprint density at radius 1 is 0.973 bits per heavy atom. The van der Waals surface area contributed by atoms with Gasteiger partial charge in [0, 0.05) is 6.54 Å². The number of halogens is 2. The predicted molar refractivity (Wildman–Crippen MR) is 141 cm³/mol. The van der Waals surface area contributed by atoms with Gasteiger partial charge >= 0.3 is 0 Å². The molecular weight excluding hydrogens is 517 g/mol. The fourth-order valence-corrected chi connectivity index (χ4v) is 5.18. The second-order valence-electron chi connectivity index (χ2n) is 8.73. The van der Waals surface area contributed by atoms with Crippen molar-refractivity contribution in [2.45, 2.75) is 26.4 Å². The molecule has 1 fully saturated rings. The van der Waals surface area contributed by atoms with E-state index in [9.17, 15) is 19.8 Å². The van der Waals surface area contributed by atoms with Crippen LogP contribution in [0.1, 0.15) is 33.9 Å². The summed E-state index contributed by atoms with van der Waals surface area (Å²) in [6.45, 7) is 3.99. The molecule has 1 aliphatic heterocycles. The van der Waals surface area contributed by atoms with Gasteiger partial charge in [-0.05, 0) is 48.7 Å². The third kappa shape index (κ3) is 4.72. The van der Waals surface area contributed by atoms with Crippen LogP contribution < -0.4 is 9.47 Å². The molecule has 2 N–H and O–H groups in total. The summed E-state index contributed by atoms with van der Waals surface area (Å²) in [5, 5.41) is 21.4. The molecule has 1 saturated heterocycles. The largest absolute Gasteiger partial charge is 0.508 e. The summed E-state index contributed by atoms with van der Waals surface area (Å²) < 4.78 is 10.6. The molecule has 0 aromatic heterocycles. The van der Waals surface area contributed by atoms with E-state index in [2.05, 4.69) is 0 Å². The standard InChI is InChI=1S/C28H25Cl2NO6/c1-14-5-6-15(2)17(11-14)13-31-23(16-7-9-18(32)10-8-16)21(25(34)28(31)35)24(33)19-12-20(29)27(37-4)22(30)26(19)36-3/h5-12,23,32-33H,13H2,1-4H3/b24-21+. The lowest BCUT2D eigenvalue weighted by molar-refractivity contribution is -0.140. The van der Waals surface area contributed by atoms with Crippen molar-refractivity contribution in [2.24, 2.45) is 0 Å². The van der Waals surface area contributed by atoms with Crippen molar-refractivity contribution in [2.75, 3.05) is 14.2 Å². The fourth-order valence-electron chi connectivity index (χ4n) is 4.49. The molecule has 1 amide bonds. The summed E-state index contributed by atoms with van der Waals surface area (Å²) in [6.07, 6.45) is 0. The first-order chi connectivity index (χ1) is 17.6. The lowest BCUT2D eigenvalue weighted by atomic mass is 9.94. The second kappa shape index (κ2) is 10.4. The van der Waals surface area contributed by atoms with Gasteiger partial charge in [0.2, 0.25) is 0 Å². The van der Waals surface area contributed by atoms with Gasteiger partial charge in [0.1, 0.15) is 16.5 Å². The van der Waals surface area contributed by atoms with Gasteiger partial charge in [-0.25, -0.2) is 0 Å². The summed E-state index contributed by atoms with van der Waals surface area (Å²) in [5.74, 6) is -1.95.